The topological polar surface area (TPSA) is 49.3 Å². The predicted octanol–water partition coefficient (Wildman–Crippen LogP) is 1.65. The largest absolute Gasteiger partial charge is 0.396 e. The number of thioether (sulfide) groups is 1. The number of amides is 1. The monoisotopic (exact) mass is 257 g/mol. The number of aliphatic hydroxyl groups is 1. The van der Waals surface area contributed by atoms with Crippen LogP contribution in [0.5, 0.6) is 0 Å². The van der Waals surface area contributed by atoms with Crippen molar-refractivity contribution in [2.75, 3.05) is 12.9 Å². The maximum absolute atomic E-state index is 12.1. The number of hydrogen-bond acceptors (Lipinski definition) is 3. The summed E-state index contributed by atoms with van der Waals surface area (Å²) in [6.07, 6.45) is 6.52. The number of fused-ring (bicyclic) bond motifs is 2. The van der Waals surface area contributed by atoms with Crippen LogP contribution < -0.4 is 5.32 Å². The molecule has 3 nitrogen and oxygen atoms in total. The van der Waals surface area contributed by atoms with Gasteiger partial charge in [0.15, 0.2) is 0 Å². The summed E-state index contributed by atoms with van der Waals surface area (Å²) in [6, 6.07) is 0.229. The van der Waals surface area contributed by atoms with Gasteiger partial charge < -0.3 is 10.4 Å². The van der Waals surface area contributed by atoms with Crippen molar-refractivity contribution in [2.45, 2.75) is 43.9 Å². The molecule has 0 saturated heterocycles. The van der Waals surface area contributed by atoms with Crippen molar-refractivity contribution in [1.82, 2.24) is 5.32 Å². The average molecular weight is 257 g/mol. The lowest BCUT2D eigenvalue weighted by Gasteiger charge is -2.31. The van der Waals surface area contributed by atoms with E-state index in [1.165, 1.54) is 19.3 Å². The third-order valence-corrected chi connectivity index (χ3v) is 5.67. The van der Waals surface area contributed by atoms with Gasteiger partial charge >= 0.3 is 0 Å². The Hall–Kier alpha value is -0.220. The number of rotatable bonds is 5. The number of aliphatic hydroxyl groups excluding tert-OH is 1. The lowest BCUT2D eigenvalue weighted by atomic mass is 9.85. The second-order valence-electron chi connectivity index (χ2n) is 5.35. The van der Waals surface area contributed by atoms with Crippen LogP contribution in [0.2, 0.25) is 0 Å². The van der Waals surface area contributed by atoms with Crippen LogP contribution in [0.3, 0.4) is 0 Å². The Kier molecular flexibility index (Phi) is 4.36. The van der Waals surface area contributed by atoms with Crippen LogP contribution in [0, 0.1) is 17.8 Å². The van der Waals surface area contributed by atoms with Crippen molar-refractivity contribution in [3.05, 3.63) is 0 Å². The molecule has 2 aliphatic carbocycles. The highest BCUT2D eigenvalue weighted by Crippen LogP contribution is 2.48. The number of hydrogen-bond donors (Lipinski definition) is 2. The van der Waals surface area contributed by atoms with Gasteiger partial charge in [0.05, 0.1) is 5.25 Å². The minimum absolute atomic E-state index is 0.0634. The Labute approximate surface area is 108 Å². The molecule has 0 aromatic heterocycles. The molecule has 98 valence electrons. The van der Waals surface area contributed by atoms with Crippen LogP contribution in [-0.2, 0) is 4.79 Å². The predicted molar refractivity (Wildman–Crippen MR) is 70.9 cm³/mol. The van der Waals surface area contributed by atoms with Gasteiger partial charge in [-0.25, -0.2) is 0 Å². The second kappa shape index (κ2) is 5.61. The highest BCUT2D eigenvalue weighted by molar-refractivity contribution is 7.99. The van der Waals surface area contributed by atoms with Crippen LogP contribution in [0.15, 0.2) is 0 Å². The molecule has 2 aliphatic rings. The van der Waals surface area contributed by atoms with Crippen molar-refractivity contribution < 1.29 is 9.90 Å². The zero-order valence-electron chi connectivity index (χ0n) is 10.7. The van der Waals surface area contributed by atoms with Crippen LogP contribution in [-0.4, -0.2) is 35.2 Å². The van der Waals surface area contributed by atoms with E-state index in [1.807, 2.05) is 13.2 Å². The van der Waals surface area contributed by atoms with E-state index in [4.69, 9.17) is 0 Å². The molecule has 2 N–H and O–H groups in total. The Morgan fingerprint density at radius 2 is 2.18 bits per heavy atom. The standard InChI is InChI=1S/C13H23NO2S/c1-3-11(17-2)13(16)14-12-9-5-4-8(6-9)10(12)7-15/h8-12,15H,3-7H2,1-2H3,(H,14,16). The molecule has 5 atom stereocenters. The first kappa shape index (κ1) is 13.2. The zero-order chi connectivity index (χ0) is 12.4. The first-order valence-electron chi connectivity index (χ1n) is 6.65. The van der Waals surface area contributed by atoms with Gasteiger partial charge in [-0.1, -0.05) is 6.92 Å². The molecular weight excluding hydrogens is 234 g/mol. The SMILES string of the molecule is CCC(SC)C(=O)NC1C2CCC(C2)C1CO. The van der Waals surface area contributed by atoms with Crippen molar-refractivity contribution >= 4 is 17.7 Å². The summed E-state index contributed by atoms with van der Waals surface area (Å²) in [5, 5.41) is 12.7. The highest BCUT2D eigenvalue weighted by Gasteiger charge is 2.47. The minimum atomic E-state index is 0.0634. The first-order valence-corrected chi connectivity index (χ1v) is 7.94. The quantitative estimate of drug-likeness (QED) is 0.787. The van der Waals surface area contributed by atoms with E-state index < -0.39 is 0 Å². The molecular formula is C13H23NO2S. The van der Waals surface area contributed by atoms with Crippen LogP contribution in [0.4, 0.5) is 0 Å². The van der Waals surface area contributed by atoms with Crippen molar-refractivity contribution in [3.63, 3.8) is 0 Å². The fourth-order valence-corrected chi connectivity index (χ4v) is 4.23. The molecule has 0 aromatic rings. The molecule has 2 bridgehead atoms. The molecule has 4 heteroatoms. The molecule has 0 aromatic carbocycles. The minimum Gasteiger partial charge on any atom is -0.396 e. The van der Waals surface area contributed by atoms with E-state index in [9.17, 15) is 9.90 Å². The molecule has 2 fully saturated rings. The Bertz CT molecular complexity index is 281. The number of carbonyl (C=O) groups is 1. The number of carbonyl (C=O) groups excluding carboxylic acids is 1. The summed E-state index contributed by atoms with van der Waals surface area (Å²) >= 11 is 1.62. The van der Waals surface area contributed by atoms with Crippen LogP contribution in [0.25, 0.3) is 0 Å². The summed E-state index contributed by atoms with van der Waals surface area (Å²) in [5.41, 5.74) is 0. The first-order chi connectivity index (χ1) is 8.21. The van der Waals surface area contributed by atoms with E-state index in [1.54, 1.807) is 11.8 Å². The normalized spacial score (nSPS) is 37.1. The van der Waals surface area contributed by atoms with Gasteiger partial charge in [-0.05, 0) is 43.8 Å². The summed E-state index contributed by atoms with van der Waals surface area (Å²) < 4.78 is 0. The number of nitrogens with one attached hydrogen (secondary N) is 1. The molecule has 17 heavy (non-hydrogen) atoms. The van der Waals surface area contributed by atoms with Gasteiger partial charge in [0.1, 0.15) is 0 Å². The molecule has 2 saturated carbocycles. The molecule has 1 amide bonds. The van der Waals surface area contributed by atoms with E-state index >= 15 is 0 Å². The lowest BCUT2D eigenvalue weighted by Crippen LogP contribution is -2.48. The van der Waals surface area contributed by atoms with Crippen LogP contribution >= 0.6 is 11.8 Å². The molecule has 0 heterocycles. The van der Waals surface area contributed by atoms with E-state index in [-0.39, 0.29) is 23.8 Å². The summed E-state index contributed by atoms with van der Waals surface area (Å²) in [5.74, 6) is 1.72. The molecule has 0 aliphatic heterocycles. The van der Waals surface area contributed by atoms with Gasteiger partial charge in [-0.15, -0.1) is 0 Å². The van der Waals surface area contributed by atoms with Gasteiger partial charge in [0.25, 0.3) is 0 Å². The van der Waals surface area contributed by atoms with Crippen LogP contribution in [0.1, 0.15) is 32.6 Å². The fourth-order valence-electron chi connectivity index (χ4n) is 3.61. The second-order valence-corrected chi connectivity index (χ2v) is 6.39. The van der Waals surface area contributed by atoms with Gasteiger partial charge in [0, 0.05) is 18.6 Å². The lowest BCUT2D eigenvalue weighted by molar-refractivity contribution is -0.122. The van der Waals surface area contributed by atoms with Gasteiger partial charge in [-0.2, -0.15) is 11.8 Å². The third-order valence-electron chi connectivity index (χ3n) is 4.56. The van der Waals surface area contributed by atoms with E-state index in [0.29, 0.717) is 17.8 Å². The molecule has 5 unspecified atom stereocenters. The van der Waals surface area contributed by atoms with Crippen molar-refractivity contribution in [1.29, 1.82) is 0 Å². The Morgan fingerprint density at radius 3 is 2.76 bits per heavy atom. The maximum Gasteiger partial charge on any atom is 0.233 e. The molecule has 0 radical (unpaired) electrons. The van der Waals surface area contributed by atoms with E-state index in [0.717, 1.165) is 6.42 Å². The summed E-state index contributed by atoms with van der Waals surface area (Å²) in [4.78, 5) is 12.1. The van der Waals surface area contributed by atoms with E-state index in [2.05, 4.69) is 5.32 Å². The highest BCUT2D eigenvalue weighted by atomic mass is 32.2. The average Bonchev–Trinajstić information content (AvgIpc) is 2.91. The third kappa shape index (κ3) is 2.48. The maximum atomic E-state index is 12.1. The van der Waals surface area contributed by atoms with Gasteiger partial charge in [-0.3, -0.25) is 4.79 Å². The van der Waals surface area contributed by atoms with Gasteiger partial charge in [0.2, 0.25) is 5.91 Å². The fraction of sp³-hybridized carbons (Fsp3) is 0.923. The molecule has 0 spiro atoms. The molecule has 2 rings (SSSR count). The summed E-state index contributed by atoms with van der Waals surface area (Å²) in [7, 11) is 0. The summed E-state index contributed by atoms with van der Waals surface area (Å²) in [6.45, 7) is 2.27. The zero-order valence-corrected chi connectivity index (χ0v) is 11.5. The smallest absolute Gasteiger partial charge is 0.233 e. The van der Waals surface area contributed by atoms with Crippen molar-refractivity contribution in [2.24, 2.45) is 17.8 Å². The Morgan fingerprint density at radius 1 is 1.47 bits per heavy atom. The van der Waals surface area contributed by atoms with Crippen molar-refractivity contribution in [3.8, 4) is 0 Å². The Balaban J connectivity index is 1.96.